The van der Waals surface area contributed by atoms with Crippen molar-refractivity contribution in [2.75, 3.05) is 11.9 Å². The van der Waals surface area contributed by atoms with Gasteiger partial charge in [-0.2, -0.15) is 0 Å². The van der Waals surface area contributed by atoms with Gasteiger partial charge in [0.2, 0.25) is 11.0 Å². The van der Waals surface area contributed by atoms with Crippen LogP contribution in [0.15, 0.2) is 4.34 Å². The van der Waals surface area contributed by atoms with Gasteiger partial charge in [0.25, 0.3) is 0 Å². The van der Waals surface area contributed by atoms with E-state index >= 15 is 0 Å². The quantitative estimate of drug-likeness (QED) is 0.303. The Morgan fingerprint density at radius 3 is 2.68 bits per heavy atom. The molecular weight excluding hydrogens is 370 g/mol. The van der Waals surface area contributed by atoms with Crippen LogP contribution >= 0.6 is 23.1 Å². The third-order valence-corrected chi connectivity index (χ3v) is 5.80. The number of aliphatic hydroxyl groups is 4. The van der Waals surface area contributed by atoms with Crippen molar-refractivity contribution in [1.29, 1.82) is 0 Å². The third kappa shape index (κ3) is 5.58. The second-order valence-corrected chi connectivity index (χ2v) is 8.02. The van der Waals surface area contributed by atoms with Crippen molar-refractivity contribution >= 4 is 34.1 Å². The van der Waals surface area contributed by atoms with E-state index in [2.05, 4.69) is 22.4 Å². The van der Waals surface area contributed by atoms with Gasteiger partial charge in [0.1, 0.15) is 29.9 Å². The second-order valence-electron chi connectivity index (χ2n) is 5.69. The van der Waals surface area contributed by atoms with Gasteiger partial charge in [-0.3, -0.25) is 4.79 Å². The largest absolute Gasteiger partial charge is 0.394 e. The predicted octanol–water partition coefficient (Wildman–Crippen LogP) is -0.0511. The topological polar surface area (TPSA) is 145 Å². The summed E-state index contributed by atoms with van der Waals surface area (Å²) in [5, 5.41) is 49.5. The summed E-state index contributed by atoms with van der Waals surface area (Å²) >= 11 is 2.12. The van der Waals surface area contributed by atoms with E-state index in [1.54, 1.807) is 0 Å². The number of aromatic nitrogens is 2. The summed E-state index contributed by atoms with van der Waals surface area (Å²) in [5.41, 5.74) is -0.920. The van der Waals surface area contributed by atoms with Gasteiger partial charge in [-0.15, -0.1) is 10.2 Å². The summed E-state index contributed by atoms with van der Waals surface area (Å²) in [4.78, 5) is 11.8. The zero-order valence-corrected chi connectivity index (χ0v) is 15.4. The minimum Gasteiger partial charge on any atom is -0.394 e. The fraction of sp³-hybridized carbons (Fsp3) is 0.786. The summed E-state index contributed by atoms with van der Waals surface area (Å²) in [7, 11) is 0. The lowest BCUT2D eigenvalue weighted by Gasteiger charge is -2.39. The molecule has 11 heteroatoms. The Hall–Kier alpha value is -0.820. The van der Waals surface area contributed by atoms with Crippen LogP contribution in [-0.4, -0.2) is 73.0 Å². The number of nitrogens with one attached hydrogen (secondary N) is 1. The molecule has 1 amide bonds. The molecule has 1 aromatic rings. The van der Waals surface area contributed by atoms with Crippen molar-refractivity contribution in [3.8, 4) is 0 Å². The first-order valence-corrected chi connectivity index (χ1v) is 9.76. The van der Waals surface area contributed by atoms with Crippen LogP contribution in [0.25, 0.3) is 0 Å². The molecular formula is C14H23N3O6S2. The number of thioether (sulfide) groups is 1. The van der Waals surface area contributed by atoms with Gasteiger partial charge < -0.3 is 30.5 Å². The number of hydrogen-bond acceptors (Lipinski definition) is 10. The van der Waals surface area contributed by atoms with Crippen LogP contribution in [0.5, 0.6) is 0 Å². The lowest BCUT2D eigenvalue weighted by atomic mass is 10.0. The highest BCUT2D eigenvalue weighted by atomic mass is 32.2. The monoisotopic (exact) mass is 393 g/mol. The first kappa shape index (κ1) is 20.5. The fourth-order valence-electron chi connectivity index (χ4n) is 2.29. The minimum atomic E-state index is -1.44. The number of aliphatic hydroxyl groups excluding tert-OH is 4. The van der Waals surface area contributed by atoms with Gasteiger partial charge >= 0.3 is 0 Å². The van der Waals surface area contributed by atoms with Crippen molar-refractivity contribution in [2.24, 2.45) is 0 Å². The lowest BCUT2D eigenvalue weighted by molar-refractivity contribution is -0.205. The molecule has 142 valence electrons. The van der Waals surface area contributed by atoms with E-state index in [0.717, 1.165) is 42.4 Å². The molecule has 1 fully saturated rings. The summed E-state index contributed by atoms with van der Waals surface area (Å²) in [6, 6.07) is 0. The maximum absolute atomic E-state index is 11.8. The lowest BCUT2D eigenvalue weighted by Crippen LogP contribution is -2.57. The number of rotatable bonds is 8. The molecule has 0 bridgehead atoms. The molecule has 1 aliphatic rings. The summed E-state index contributed by atoms with van der Waals surface area (Å²) in [6.07, 6.45) is -1.90. The Bertz CT molecular complexity index is 558. The number of nitrogens with zero attached hydrogens (tertiary/aromatic N) is 2. The summed E-state index contributed by atoms with van der Waals surface area (Å²) in [5.74, 6) is -0.131. The zero-order valence-electron chi connectivity index (χ0n) is 13.7. The Balaban J connectivity index is 1.90. The molecule has 0 aromatic carbocycles. The molecule has 25 heavy (non-hydrogen) atoms. The van der Waals surface area contributed by atoms with Crippen LogP contribution in [0.2, 0.25) is 0 Å². The van der Waals surface area contributed by atoms with Crippen LogP contribution in [0.3, 0.4) is 0 Å². The molecule has 5 N–H and O–H groups in total. The molecule has 0 radical (unpaired) electrons. The number of amides is 1. The maximum Gasteiger partial charge on any atom is 0.226 e. The Kier molecular flexibility index (Phi) is 8.00. The average molecular weight is 393 g/mol. The van der Waals surface area contributed by atoms with Gasteiger partial charge in [-0.05, 0) is 6.42 Å². The number of hydrogen-bond donors (Lipinski definition) is 5. The molecule has 1 saturated heterocycles. The fourth-order valence-corrected chi connectivity index (χ4v) is 4.28. The summed E-state index contributed by atoms with van der Waals surface area (Å²) in [6.45, 7) is 1.57. The number of anilines is 1. The average Bonchev–Trinajstić information content (AvgIpc) is 3.02. The first-order chi connectivity index (χ1) is 12.0. The molecule has 9 nitrogen and oxygen atoms in total. The highest BCUT2D eigenvalue weighted by Gasteiger charge is 2.44. The van der Waals surface area contributed by atoms with Gasteiger partial charge in [-0.1, -0.05) is 42.9 Å². The zero-order chi connectivity index (χ0) is 18.4. The van der Waals surface area contributed by atoms with Gasteiger partial charge in [0, 0.05) is 6.42 Å². The molecule has 0 spiro atoms. The highest BCUT2D eigenvalue weighted by Crippen LogP contribution is 2.35. The number of carbonyl (C=O) groups excluding carboxylic acids is 1. The van der Waals surface area contributed by atoms with E-state index in [0.29, 0.717) is 15.9 Å². The van der Waals surface area contributed by atoms with Crippen LogP contribution in [-0.2, 0) is 9.53 Å². The van der Waals surface area contributed by atoms with Crippen LogP contribution in [0, 0.1) is 0 Å². The van der Waals surface area contributed by atoms with Crippen molar-refractivity contribution in [3.63, 3.8) is 0 Å². The highest BCUT2D eigenvalue weighted by molar-refractivity contribution is 8.01. The Labute approximate surface area is 153 Å². The number of ether oxygens (including phenoxy) is 1. The molecule has 2 heterocycles. The van der Waals surface area contributed by atoms with Gasteiger partial charge in [0.05, 0.1) is 6.61 Å². The van der Waals surface area contributed by atoms with Crippen molar-refractivity contribution in [3.05, 3.63) is 0 Å². The normalized spacial score (nSPS) is 29.6. The van der Waals surface area contributed by atoms with Crippen molar-refractivity contribution < 1.29 is 30.0 Å². The third-order valence-electron chi connectivity index (χ3n) is 3.73. The van der Waals surface area contributed by atoms with Crippen LogP contribution < -0.4 is 5.32 Å². The molecule has 5 atom stereocenters. The van der Waals surface area contributed by atoms with E-state index < -0.39 is 36.5 Å². The van der Waals surface area contributed by atoms with Gasteiger partial charge in [-0.25, -0.2) is 0 Å². The maximum atomic E-state index is 11.8. The molecule has 0 saturated carbocycles. The molecule has 0 aliphatic carbocycles. The standard InChI is InChI=1S/C14H23N3O6S2/c1-2-3-4-5-8(19)15-13-16-17-14(25-13)24-12-11(22)10(21)9(20)7(6-18)23-12/h7,9-12,18,20-22H,2-6H2,1H3,(H,15,16,19)/t7-,9+,10+,11-,12+/m1/s1. The molecule has 1 aromatic heterocycles. The number of unbranched alkanes of at least 4 members (excludes halogenated alkanes) is 2. The van der Waals surface area contributed by atoms with Crippen molar-refractivity contribution in [1.82, 2.24) is 10.2 Å². The molecule has 2 rings (SSSR count). The molecule has 1 aliphatic heterocycles. The van der Waals surface area contributed by atoms with E-state index in [1.165, 1.54) is 0 Å². The van der Waals surface area contributed by atoms with Gasteiger partial charge in [0.15, 0.2) is 4.34 Å². The van der Waals surface area contributed by atoms with E-state index in [-0.39, 0.29) is 5.91 Å². The molecule has 0 unspecified atom stereocenters. The summed E-state index contributed by atoms with van der Waals surface area (Å²) < 4.78 is 5.82. The number of carbonyl (C=O) groups is 1. The van der Waals surface area contributed by atoms with Crippen LogP contribution in [0.4, 0.5) is 5.13 Å². The minimum absolute atomic E-state index is 0.131. The Morgan fingerprint density at radius 1 is 1.24 bits per heavy atom. The SMILES string of the molecule is CCCCCC(=O)Nc1nnc(S[C@@H]2O[C@H](CO)[C@H](O)[C@H](O)[C@H]2O)s1. The van der Waals surface area contributed by atoms with E-state index in [1.807, 2.05) is 0 Å². The smallest absolute Gasteiger partial charge is 0.226 e. The Morgan fingerprint density at radius 2 is 2.00 bits per heavy atom. The van der Waals surface area contributed by atoms with Crippen molar-refractivity contribution in [2.45, 2.75) is 66.8 Å². The van der Waals surface area contributed by atoms with Crippen LogP contribution in [0.1, 0.15) is 32.6 Å². The van der Waals surface area contributed by atoms with E-state index in [9.17, 15) is 25.2 Å². The second kappa shape index (κ2) is 9.76. The van der Waals surface area contributed by atoms with E-state index in [4.69, 9.17) is 4.74 Å². The predicted molar refractivity (Wildman–Crippen MR) is 92.3 cm³/mol. The first-order valence-electron chi connectivity index (χ1n) is 8.06.